The van der Waals surface area contributed by atoms with Crippen molar-refractivity contribution < 1.29 is 4.74 Å². The van der Waals surface area contributed by atoms with Gasteiger partial charge in [0, 0.05) is 0 Å². The lowest BCUT2D eigenvalue weighted by molar-refractivity contribution is 0.406. The van der Waals surface area contributed by atoms with Crippen molar-refractivity contribution in [2.24, 2.45) is 0 Å². The van der Waals surface area contributed by atoms with Gasteiger partial charge in [0.15, 0.2) is 0 Å². The summed E-state index contributed by atoms with van der Waals surface area (Å²) >= 11 is 0. The molecule has 0 N–H and O–H groups in total. The largest absolute Gasteiger partial charge is 0.496 e. The second-order valence-corrected chi connectivity index (χ2v) is 5.65. The molecular formula is C16H26O. The Balaban J connectivity index is 3.65. The second kappa shape index (κ2) is 4.72. The van der Waals surface area contributed by atoms with Crippen LogP contribution in [0.25, 0.3) is 0 Å². The minimum absolute atomic E-state index is 0.232. The van der Waals surface area contributed by atoms with E-state index in [1.165, 1.54) is 27.8 Å². The minimum Gasteiger partial charge on any atom is -0.496 e. The number of hydrogen-bond acceptors (Lipinski definition) is 1. The monoisotopic (exact) mass is 234 g/mol. The lowest BCUT2D eigenvalue weighted by Gasteiger charge is -2.30. The maximum atomic E-state index is 5.54. The molecule has 1 nitrogen and oxygen atoms in total. The lowest BCUT2D eigenvalue weighted by atomic mass is 9.75. The smallest absolute Gasteiger partial charge is 0.125 e. The SMILES string of the molecule is CCC(C)(C)c1c(C)c(C)c(OC)c(C)c1C. The van der Waals surface area contributed by atoms with Gasteiger partial charge < -0.3 is 4.74 Å². The summed E-state index contributed by atoms with van der Waals surface area (Å²) in [5.41, 5.74) is 7.07. The molecule has 0 unspecified atom stereocenters. The molecule has 0 aliphatic rings. The van der Waals surface area contributed by atoms with Crippen molar-refractivity contribution >= 4 is 0 Å². The first-order valence-corrected chi connectivity index (χ1v) is 6.42. The Morgan fingerprint density at radius 2 is 1.29 bits per heavy atom. The Morgan fingerprint density at radius 1 is 0.882 bits per heavy atom. The van der Waals surface area contributed by atoms with E-state index in [-0.39, 0.29) is 5.41 Å². The topological polar surface area (TPSA) is 9.23 Å². The van der Waals surface area contributed by atoms with Gasteiger partial charge >= 0.3 is 0 Å². The molecule has 0 fully saturated rings. The number of hydrogen-bond donors (Lipinski definition) is 0. The fraction of sp³-hybridized carbons (Fsp3) is 0.625. The molecule has 0 saturated carbocycles. The normalized spacial score (nSPS) is 11.8. The van der Waals surface area contributed by atoms with E-state index in [1.807, 2.05) is 0 Å². The van der Waals surface area contributed by atoms with Crippen LogP contribution < -0.4 is 4.74 Å². The highest BCUT2D eigenvalue weighted by atomic mass is 16.5. The van der Waals surface area contributed by atoms with Crippen LogP contribution in [0.2, 0.25) is 0 Å². The Kier molecular flexibility index (Phi) is 3.91. The number of methoxy groups -OCH3 is 1. The molecule has 96 valence electrons. The average molecular weight is 234 g/mol. The molecule has 0 radical (unpaired) electrons. The summed E-state index contributed by atoms with van der Waals surface area (Å²) < 4.78 is 5.54. The van der Waals surface area contributed by atoms with Crippen LogP contribution in [0.4, 0.5) is 0 Å². The molecule has 0 amide bonds. The molecule has 0 saturated heterocycles. The second-order valence-electron chi connectivity index (χ2n) is 5.65. The Bertz CT molecular complexity index is 399. The van der Waals surface area contributed by atoms with Gasteiger partial charge in [0.05, 0.1) is 7.11 Å². The van der Waals surface area contributed by atoms with Crippen molar-refractivity contribution in [2.75, 3.05) is 7.11 Å². The highest BCUT2D eigenvalue weighted by Gasteiger charge is 2.26. The third-order valence-electron chi connectivity index (χ3n) is 4.32. The standard InChI is InChI=1S/C16H26O/c1-9-16(6,7)14-10(2)12(4)15(17-8)13(5)11(14)3/h9H2,1-8H3. The number of rotatable bonds is 3. The summed E-state index contributed by atoms with van der Waals surface area (Å²) in [5.74, 6) is 1.05. The first-order chi connectivity index (χ1) is 7.77. The third kappa shape index (κ3) is 2.20. The molecule has 0 heterocycles. The Labute approximate surface area is 106 Å². The summed E-state index contributed by atoms with van der Waals surface area (Å²) in [6.07, 6.45) is 1.15. The van der Waals surface area contributed by atoms with Crippen LogP contribution in [0.1, 0.15) is 55.0 Å². The molecule has 1 heteroatoms. The van der Waals surface area contributed by atoms with Crippen molar-refractivity contribution in [2.45, 2.75) is 60.3 Å². The Morgan fingerprint density at radius 3 is 1.59 bits per heavy atom. The van der Waals surface area contributed by atoms with Crippen molar-refractivity contribution in [3.8, 4) is 5.75 Å². The summed E-state index contributed by atoms with van der Waals surface area (Å²) in [5, 5.41) is 0. The minimum atomic E-state index is 0.232. The molecule has 0 bridgehead atoms. The van der Waals surface area contributed by atoms with Gasteiger partial charge in [-0.1, -0.05) is 20.8 Å². The molecule has 1 aromatic carbocycles. The van der Waals surface area contributed by atoms with Crippen LogP contribution in [0.3, 0.4) is 0 Å². The maximum absolute atomic E-state index is 5.54. The predicted octanol–water partition coefficient (Wildman–Crippen LogP) is 4.62. The first-order valence-electron chi connectivity index (χ1n) is 6.42. The fourth-order valence-corrected chi connectivity index (χ4v) is 2.78. The Hall–Kier alpha value is -0.980. The van der Waals surface area contributed by atoms with Crippen LogP contribution in [0.5, 0.6) is 5.75 Å². The van der Waals surface area contributed by atoms with Crippen LogP contribution in [-0.2, 0) is 5.41 Å². The van der Waals surface area contributed by atoms with E-state index >= 15 is 0 Å². The van der Waals surface area contributed by atoms with Crippen LogP contribution >= 0.6 is 0 Å². The zero-order chi connectivity index (χ0) is 13.4. The quantitative estimate of drug-likeness (QED) is 0.741. The zero-order valence-corrected chi connectivity index (χ0v) is 12.6. The summed E-state index contributed by atoms with van der Waals surface area (Å²) in [6, 6.07) is 0. The van der Waals surface area contributed by atoms with Crippen molar-refractivity contribution in [1.82, 2.24) is 0 Å². The van der Waals surface area contributed by atoms with E-state index in [2.05, 4.69) is 48.5 Å². The summed E-state index contributed by atoms with van der Waals surface area (Å²) in [7, 11) is 1.76. The zero-order valence-electron chi connectivity index (χ0n) is 12.6. The molecule has 1 rings (SSSR count). The van der Waals surface area contributed by atoms with E-state index in [1.54, 1.807) is 7.11 Å². The van der Waals surface area contributed by atoms with E-state index in [0.29, 0.717) is 0 Å². The van der Waals surface area contributed by atoms with Gasteiger partial charge in [0.25, 0.3) is 0 Å². The molecule has 17 heavy (non-hydrogen) atoms. The van der Waals surface area contributed by atoms with Crippen molar-refractivity contribution in [3.63, 3.8) is 0 Å². The molecule has 0 aliphatic heterocycles. The lowest BCUT2D eigenvalue weighted by Crippen LogP contribution is -2.20. The molecule has 0 spiro atoms. The fourth-order valence-electron chi connectivity index (χ4n) is 2.78. The van der Waals surface area contributed by atoms with Crippen LogP contribution in [0, 0.1) is 27.7 Å². The highest BCUT2D eigenvalue weighted by Crippen LogP contribution is 2.39. The van der Waals surface area contributed by atoms with Crippen LogP contribution in [-0.4, -0.2) is 7.11 Å². The van der Waals surface area contributed by atoms with Gasteiger partial charge in [-0.3, -0.25) is 0 Å². The molecule has 1 aromatic rings. The van der Waals surface area contributed by atoms with Gasteiger partial charge in [-0.25, -0.2) is 0 Å². The number of benzene rings is 1. The molecule has 0 atom stereocenters. The van der Waals surface area contributed by atoms with Crippen LogP contribution in [0.15, 0.2) is 0 Å². The molecule has 0 aliphatic carbocycles. The van der Waals surface area contributed by atoms with Gasteiger partial charge in [-0.2, -0.15) is 0 Å². The summed E-state index contributed by atoms with van der Waals surface area (Å²) in [4.78, 5) is 0. The van der Waals surface area contributed by atoms with E-state index in [9.17, 15) is 0 Å². The van der Waals surface area contributed by atoms with Gasteiger partial charge in [0.2, 0.25) is 0 Å². The summed E-state index contributed by atoms with van der Waals surface area (Å²) in [6.45, 7) is 15.7. The number of ether oxygens (including phenoxy) is 1. The van der Waals surface area contributed by atoms with E-state index in [4.69, 9.17) is 4.74 Å². The maximum Gasteiger partial charge on any atom is 0.125 e. The predicted molar refractivity (Wildman–Crippen MR) is 75.3 cm³/mol. The van der Waals surface area contributed by atoms with E-state index in [0.717, 1.165) is 12.2 Å². The van der Waals surface area contributed by atoms with E-state index < -0.39 is 0 Å². The van der Waals surface area contributed by atoms with Gasteiger partial charge in [0.1, 0.15) is 5.75 Å². The van der Waals surface area contributed by atoms with Crippen molar-refractivity contribution in [3.05, 3.63) is 27.8 Å². The van der Waals surface area contributed by atoms with Gasteiger partial charge in [-0.15, -0.1) is 0 Å². The van der Waals surface area contributed by atoms with Gasteiger partial charge in [-0.05, 0) is 67.3 Å². The van der Waals surface area contributed by atoms with Crippen molar-refractivity contribution in [1.29, 1.82) is 0 Å². The average Bonchev–Trinajstić information content (AvgIpc) is 2.27. The first kappa shape index (κ1) is 14.1. The highest BCUT2D eigenvalue weighted by molar-refractivity contribution is 5.56. The molecule has 0 aromatic heterocycles. The molecular weight excluding hydrogens is 208 g/mol. The third-order valence-corrected chi connectivity index (χ3v) is 4.32.